The molecule has 5 heteroatoms. The van der Waals surface area contributed by atoms with E-state index in [0.717, 1.165) is 33.7 Å². The van der Waals surface area contributed by atoms with E-state index >= 15 is 0 Å². The molecule has 1 aromatic carbocycles. The highest BCUT2D eigenvalue weighted by molar-refractivity contribution is 5.90. The van der Waals surface area contributed by atoms with Crippen LogP contribution in [-0.2, 0) is 17.6 Å². The maximum absolute atomic E-state index is 13.4. The Morgan fingerprint density at radius 1 is 1.26 bits per heavy atom. The van der Waals surface area contributed by atoms with Crippen molar-refractivity contribution in [2.45, 2.75) is 26.7 Å². The number of H-pyrrole nitrogens is 1. The number of furan rings is 1. The monoisotopic (exact) mass is 314 g/mol. The molecule has 0 aliphatic heterocycles. The molecular formula is C18H19FN2O2. The number of fused-ring (bicyclic) bond motifs is 1. The lowest BCUT2D eigenvalue weighted by atomic mass is 10.1. The second-order valence-electron chi connectivity index (χ2n) is 5.71. The van der Waals surface area contributed by atoms with Crippen LogP contribution in [0.25, 0.3) is 10.9 Å². The first-order valence-electron chi connectivity index (χ1n) is 7.61. The highest BCUT2D eigenvalue weighted by Gasteiger charge is 2.13. The van der Waals surface area contributed by atoms with Crippen molar-refractivity contribution in [3.05, 3.63) is 58.9 Å². The van der Waals surface area contributed by atoms with Gasteiger partial charge in [-0.1, -0.05) is 0 Å². The molecule has 120 valence electrons. The van der Waals surface area contributed by atoms with Gasteiger partial charge in [0.15, 0.2) is 0 Å². The van der Waals surface area contributed by atoms with Gasteiger partial charge in [-0.3, -0.25) is 4.79 Å². The van der Waals surface area contributed by atoms with E-state index in [9.17, 15) is 9.18 Å². The number of aromatic nitrogens is 1. The molecule has 3 aromatic rings. The third-order valence-electron chi connectivity index (χ3n) is 3.91. The summed E-state index contributed by atoms with van der Waals surface area (Å²) in [4.78, 5) is 15.3. The van der Waals surface area contributed by atoms with Gasteiger partial charge in [-0.25, -0.2) is 4.39 Å². The molecule has 0 radical (unpaired) electrons. The Morgan fingerprint density at radius 2 is 2.09 bits per heavy atom. The Morgan fingerprint density at radius 3 is 2.83 bits per heavy atom. The second kappa shape index (κ2) is 6.28. The lowest BCUT2D eigenvalue weighted by Crippen LogP contribution is -2.27. The van der Waals surface area contributed by atoms with E-state index in [4.69, 9.17) is 4.42 Å². The van der Waals surface area contributed by atoms with Crippen molar-refractivity contribution in [2.24, 2.45) is 0 Å². The lowest BCUT2D eigenvalue weighted by molar-refractivity contribution is -0.120. The number of nitrogens with one attached hydrogen (secondary N) is 2. The van der Waals surface area contributed by atoms with Crippen LogP contribution in [0.2, 0.25) is 0 Å². The number of amides is 1. The van der Waals surface area contributed by atoms with Crippen LogP contribution in [0.15, 0.2) is 34.7 Å². The van der Waals surface area contributed by atoms with E-state index in [2.05, 4.69) is 10.3 Å². The number of hydrogen-bond acceptors (Lipinski definition) is 2. The van der Waals surface area contributed by atoms with Crippen molar-refractivity contribution in [1.29, 1.82) is 0 Å². The third kappa shape index (κ3) is 3.44. The summed E-state index contributed by atoms with van der Waals surface area (Å²) in [5, 5.41) is 3.64. The topological polar surface area (TPSA) is 58.0 Å². The number of aromatic amines is 1. The van der Waals surface area contributed by atoms with Crippen LogP contribution in [0.1, 0.15) is 22.8 Å². The first-order chi connectivity index (χ1) is 11.0. The summed E-state index contributed by atoms with van der Waals surface area (Å²) in [5.74, 6) is 1.34. The Labute approximate surface area is 133 Å². The predicted octanol–water partition coefficient (Wildman–Crippen LogP) is 3.42. The Kier molecular flexibility index (Phi) is 4.19. The van der Waals surface area contributed by atoms with E-state index in [0.29, 0.717) is 13.0 Å². The Balaban J connectivity index is 1.63. The summed E-state index contributed by atoms with van der Waals surface area (Å²) in [5.41, 5.74) is 2.58. The summed E-state index contributed by atoms with van der Waals surface area (Å²) < 4.78 is 18.9. The SMILES string of the molecule is Cc1ccc(CCNC(=O)Cc2c(C)[nH]c3ccc(F)cc23)o1. The molecule has 0 saturated heterocycles. The van der Waals surface area contributed by atoms with Crippen molar-refractivity contribution >= 4 is 16.8 Å². The summed E-state index contributed by atoms with van der Waals surface area (Å²) in [7, 11) is 0. The van der Waals surface area contributed by atoms with Gasteiger partial charge in [0.1, 0.15) is 17.3 Å². The zero-order valence-corrected chi connectivity index (χ0v) is 13.2. The quantitative estimate of drug-likeness (QED) is 0.758. The number of rotatable bonds is 5. The van der Waals surface area contributed by atoms with E-state index < -0.39 is 0 Å². The lowest BCUT2D eigenvalue weighted by Gasteiger charge is -2.05. The second-order valence-corrected chi connectivity index (χ2v) is 5.71. The van der Waals surface area contributed by atoms with Crippen LogP contribution in [0.5, 0.6) is 0 Å². The normalized spacial score (nSPS) is 11.1. The van der Waals surface area contributed by atoms with Crippen LogP contribution >= 0.6 is 0 Å². The molecule has 4 nitrogen and oxygen atoms in total. The molecule has 1 amide bonds. The summed E-state index contributed by atoms with van der Waals surface area (Å²) in [6.45, 7) is 4.30. The number of aryl methyl sites for hydroxylation is 2. The largest absolute Gasteiger partial charge is 0.466 e. The van der Waals surface area contributed by atoms with Crippen LogP contribution in [0.4, 0.5) is 4.39 Å². The minimum absolute atomic E-state index is 0.0819. The summed E-state index contributed by atoms with van der Waals surface area (Å²) in [6, 6.07) is 8.38. The van der Waals surface area contributed by atoms with Gasteiger partial charge in [-0.05, 0) is 49.7 Å². The molecule has 0 atom stereocenters. The molecular weight excluding hydrogens is 295 g/mol. The summed E-state index contributed by atoms with van der Waals surface area (Å²) in [6.07, 6.45) is 0.882. The fourth-order valence-corrected chi connectivity index (χ4v) is 2.75. The number of hydrogen-bond donors (Lipinski definition) is 2. The average Bonchev–Trinajstić information content (AvgIpc) is 3.04. The molecule has 2 aromatic heterocycles. The molecule has 0 aliphatic carbocycles. The molecule has 0 bridgehead atoms. The van der Waals surface area contributed by atoms with Gasteiger partial charge in [0.2, 0.25) is 5.91 Å². The van der Waals surface area contributed by atoms with Crippen molar-refractivity contribution in [3.63, 3.8) is 0 Å². The van der Waals surface area contributed by atoms with Crippen LogP contribution in [-0.4, -0.2) is 17.4 Å². The zero-order valence-electron chi connectivity index (χ0n) is 13.2. The number of benzene rings is 1. The van der Waals surface area contributed by atoms with Crippen molar-refractivity contribution < 1.29 is 13.6 Å². The number of halogens is 1. The van der Waals surface area contributed by atoms with E-state index in [1.165, 1.54) is 12.1 Å². The molecule has 0 saturated carbocycles. The highest BCUT2D eigenvalue weighted by Crippen LogP contribution is 2.23. The van der Waals surface area contributed by atoms with Crippen LogP contribution in [0, 0.1) is 19.7 Å². The van der Waals surface area contributed by atoms with Gasteiger partial charge in [0, 0.05) is 29.6 Å². The van der Waals surface area contributed by atoms with Gasteiger partial charge in [0.25, 0.3) is 0 Å². The van der Waals surface area contributed by atoms with Crippen LogP contribution < -0.4 is 5.32 Å². The number of carbonyl (C=O) groups is 1. The third-order valence-corrected chi connectivity index (χ3v) is 3.91. The molecule has 0 aliphatic rings. The maximum Gasteiger partial charge on any atom is 0.224 e. The average molecular weight is 314 g/mol. The van der Waals surface area contributed by atoms with Gasteiger partial charge >= 0.3 is 0 Å². The Hall–Kier alpha value is -2.56. The molecule has 0 spiro atoms. The standard InChI is InChI=1S/C18H19FN2O2/c1-11-3-5-14(23-11)7-8-20-18(22)10-15-12(2)21-17-6-4-13(19)9-16(15)17/h3-6,9,21H,7-8,10H2,1-2H3,(H,20,22). The van der Waals surface area contributed by atoms with Crippen molar-refractivity contribution in [3.8, 4) is 0 Å². The van der Waals surface area contributed by atoms with Gasteiger partial charge in [-0.15, -0.1) is 0 Å². The molecule has 23 heavy (non-hydrogen) atoms. The first kappa shape index (κ1) is 15.3. The first-order valence-corrected chi connectivity index (χ1v) is 7.61. The van der Waals surface area contributed by atoms with Gasteiger partial charge in [-0.2, -0.15) is 0 Å². The molecule has 3 rings (SSSR count). The zero-order chi connectivity index (χ0) is 16.4. The Bertz CT molecular complexity index is 848. The van der Waals surface area contributed by atoms with E-state index in [1.807, 2.05) is 26.0 Å². The molecule has 2 heterocycles. The minimum atomic E-state index is -0.300. The molecule has 0 fully saturated rings. The summed E-state index contributed by atoms with van der Waals surface area (Å²) >= 11 is 0. The van der Waals surface area contributed by atoms with E-state index in [1.54, 1.807) is 6.07 Å². The predicted molar refractivity (Wildman–Crippen MR) is 86.9 cm³/mol. The maximum atomic E-state index is 13.4. The van der Waals surface area contributed by atoms with Crippen LogP contribution in [0.3, 0.4) is 0 Å². The van der Waals surface area contributed by atoms with Gasteiger partial charge < -0.3 is 14.7 Å². The molecule has 0 unspecified atom stereocenters. The smallest absolute Gasteiger partial charge is 0.224 e. The molecule has 2 N–H and O–H groups in total. The fourth-order valence-electron chi connectivity index (χ4n) is 2.75. The number of carbonyl (C=O) groups excluding carboxylic acids is 1. The fraction of sp³-hybridized carbons (Fsp3) is 0.278. The van der Waals surface area contributed by atoms with Crippen molar-refractivity contribution in [1.82, 2.24) is 10.3 Å². The highest BCUT2D eigenvalue weighted by atomic mass is 19.1. The van der Waals surface area contributed by atoms with Gasteiger partial charge in [0.05, 0.1) is 6.42 Å². The van der Waals surface area contributed by atoms with Crippen molar-refractivity contribution in [2.75, 3.05) is 6.54 Å². The van der Waals surface area contributed by atoms with E-state index in [-0.39, 0.29) is 18.1 Å². The minimum Gasteiger partial charge on any atom is -0.466 e.